The molecule has 0 fully saturated rings. The number of benzene rings is 1. The molecule has 0 bridgehead atoms. The highest BCUT2D eigenvalue weighted by atomic mass is 15.1. The van der Waals surface area contributed by atoms with Crippen LogP contribution in [0.15, 0.2) is 36.8 Å². The van der Waals surface area contributed by atoms with Gasteiger partial charge in [0, 0.05) is 12.7 Å². The fourth-order valence-corrected chi connectivity index (χ4v) is 2.00. The Hall–Kier alpha value is -1.61. The normalized spacial score (nSPS) is 12.6. The Morgan fingerprint density at radius 2 is 2.00 bits per heavy atom. The Labute approximate surface area is 103 Å². The summed E-state index contributed by atoms with van der Waals surface area (Å²) in [5, 5.41) is 3.17. The van der Waals surface area contributed by atoms with Crippen molar-refractivity contribution < 1.29 is 0 Å². The topological polar surface area (TPSA) is 29.9 Å². The minimum atomic E-state index is 0.321. The molecule has 17 heavy (non-hydrogen) atoms. The molecule has 0 saturated carbocycles. The van der Waals surface area contributed by atoms with E-state index in [0.717, 1.165) is 6.54 Å². The van der Waals surface area contributed by atoms with Gasteiger partial charge in [-0.15, -0.1) is 0 Å². The Balaban J connectivity index is 2.26. The van der Waals surface area contributed by atoms with Gasteiger partial charge in [0.1, 0.15) is 0 Å². The molecule has 0 amide bonds. The molecule has 0 aliphatic heterocycles. The predicted octanol–water partition coefficient (Wildman–Crippen LogP) is 2.52. The maximum atomic E-state index is 4.23. The van der Waals surface area contributed by atoms with Gasteiger partial charge < -0.3 is 9.88 Å². The summed E-state index contributed by atoms with van der Waals surface area (Å²) in [4.78, 5) is 4.23. The van der Waals surface area contributed by atoms with Gasteiger partial charge in [-0.1, -0.05) is 29.8 Å². The van der Waals surface area contributed by atoms with Crippen molar-refractivity contribution in [2.75, 3.05) is 7.05 Å². The molecule has 1 heterocycles. The van der Waals surface area contributed by atoms with E-state index in [9.17, 15) is 0 Å². The Bertz CT molecular complexity index is 470. The molecule has 2 rings (SSSR count). The highest BCUT2D eigenvalue weighted by molar-refractivity contribution is 5.25. The van der Waals surface area contributed by atoms with E-state index in [1.807, 2.05) is 19.6 Å². The van der Waals surface area contributed by atoms with E-state index in [4.69, 9.17) is 0 Å². The molecule has 3 nitrogen and oxygen atoms in total. The maximum absolute atomic E-state index is 4.23. The molecule has 1 aromatic carbocycles. The first kappa shape index (κ1) is 11.9. The zero-order chi connectivity index (χ0) is 12.3. The number of hydrogen-bond acceptors (Lipinski definition) is 2. The maximum Gasteiger partial charge on any atom is 0.0954 e. The van der Waals surface area contributed by atoms with Crippen molar-refractivity contribution >= 4 is 0 Å². The molecule has 90 valence electrons. The van der Waals surface area contributed by atoms with Crippen LogP contribution in [0.4, 0.5) is 0 Å². The molecule has 1 atom stereocenters. The lowest BCUT2D eigenvalue weighted by Crippen LogP contribution is -2.14. The van der Waals surface area contributed by atoms with Crippen molar-refractivity contribution in [1.82, 2.24) is 14.9 Å². The minimum absolute atomic E-state index is 0.321. The molecule has 0 aliphatic rings. The van der Waals surface area contributed by atoms with E-state index < -0.39 is 0 Å². The second kappa shape index (κ2) is 5.15. The number of aromatic nitrogens is 2. The van der Waals surface area contributed by atoms with Crippen LogP contribution < -0.4 is 5.32 Å². The van der Waals surface area contributed by atoms with Crippen molar-refractivity contribution in [2.24, 2.45) is 0 Å². The predicted molar refractivity (Wildman–Crippen MR) is 70.0 cm³/mol. The lowest BCUT2D eigenvalue weighted by Gasteiger charge is -2.17. The number of aryl methyl sites for hydroxylation is 1. The largest absolute Gasteiger partial charge is 0.326 e. The van der Waals surface area contributed by atoms with Crippen LogP contribution in [0.25, 0.3) is 0 Å². The lowest BCUT2D eigenvalue weighted by molar-refractivity contribution is 0.593. The van der Waals surface area contributed by atoms with Crippen molar-refractivity contribution in [2.45, 2.75) is 26.4 Å². The SMILES string of the molecule is CNCc1cncn1C(C)c1ccc(C)cc1. The third-order valence-electron chi connectivity index (χ3n) is 3.08. The van der Waals surface area contributed by atoms with Crippen LogP contribution in [0, 0.1) is 6.92 Å². The van der Waals surface area contributed by atoms with Gasteiger partial charge in [0.25, 0.3) is 0 Å². The summed E-state index contributed by atoms with van der Waals surface area (Å²) >= 11 is 0. The minimum Gasteiger partial charge on any atom is -0.326 e. The van der Waals surface area contributed by atoms with E-state index in [-0.39, 0.29) is 0 Å². The monoisotopic (exact) mass is 229 g/mol. The number of rotatable bonds is 4. The Morgan fingerprint density at radius 1 is 1.29 bits per heavy atom. The van der Waals surface area contributed by atoms with E-state index >= 15 is 0 Å². The van der Waals surface area contributed by atoms with Gasteiger partial charge in [0.2, 0.25) is 0 Å². The molecule has 0 saturated heterocycles. The summed E-state index contributed by atoms with van der Waals surface area (Å²) in [6, 6.07) is 8.99. The van der Waals surface area contributed by atoms with Crippen LogP contribution >= 0.6 is 0 Å². The van der Waals surface area contributed by atoms with Crippen LogP contribution in [0.2, 0.25) is 0 Å². The van der Waals surface area contributed by atoms with Crippen molar-refractivity contribution in [3.8, 4) is 0 Å². The van der Waals surface area contributed by atoms with Gasteiger partial charge in [-0.3, -0.25) is 0 Å². The average Bonchev–Trinajstić information content (AvgIpc) is 2.78. The number of hydrogen-bond donors (Lipinski definition) is 1. The van der Waals surface area contributed by atoms with Crippen LogP contribution in [0.5, 0.6) is 0 Å². The molecule has 1 N–H and O–H groups in total. The molecule has 0 spiro atoms. The molecule has 1 aromatic heterocycles. The fraction of sp³-hybridized carbons (Fsp3) is 0.357. The molecule has 2 aromatic rings. The van der Waals surface area contributed by atoms with Crippen LogP contribution in [-0.2, 0) is 6.54 Å². The van der Waals surface area contributed by atoms with E-state index in [1.54, 1.807) is 0 Å². The first-order valence-electron chi connectivity index (χ1n) is 5.94. The van der Waals surface area contributed by atoms with Gasteiger partial charge in [0.05, 0.1) is 18.1 Å². The summed E-state index contributed by atoms with van der Waals surface area (Å²) < 4.78 is 2.21. The smallest absolute Gasteiger partial charge is 0.0954 e. The van der Waals surface area contributed by atoms with E-state index in [2.05, 4.69) is 53.0 Å². The van der Waals surface area contributed by atoms with Gasteiger partial charge >= 0.3 is 0 Å². The second-order valence-electron chi connectivity index (χ2n) is 4.41. The van der Waals surface area contributed by atoms with E-state index in [1.165, 1.54) is 16.8 Å². The molecular weight excluding hydrogens is 210 g/mol. The summed E-state index contributed by atoms with van der Waals surface area (Å²) in [5.41, 5.74) is 3.81. The zero-order valence-electron chi connectivity index (χ0n) is 10.6. The third kappa shape index (κ3) is 2.56. The molecule has 1 unspecified atom stereocenters. The third-order valence-corrected chi connectivity index (χ3v) is 3.08. The quantitative estimate of drug-likeness (QED) is 0.873. The van der Waals surface area contributed by atoms with E-state index in [0.29, 0.717) is 6.04 Å². The lowest BCUT2D eigenvalue weighted by atomic mass is 10.1. The number of nitrogens with one attached hydrogen (secondary N) is 1. The first-order valence-corrected chi connectivity index (χ1v) is 5.94. The van der Waals surface area contributed by atoms with Gasteiger partial charge in [-0.05, 0) is 26.5 Å². The summed E-state index contributed by atoms with van der Waals surface area (Å²) in [5.74, 6) is 0. The van der Waals surface area contributed by atoms with Gasteiger partial charge in [-0.2, -0.15) is 0 Å². The standard InChI is InChI=1S/C14H19N3/c1-11-4-6-13(7-5-11)12(2)17-10-16-9-14(17)8-15-3/h4-7,9-10,12,15H,8H2,1-3H3. The Kier molecular flexibility index (Phi) is 3.59. The molecular formula is C14H19N3. The Morgan fingerprint density at radius 3 is 2.65 bits per heavy atom. The highest BCUT2D eigenvalue weighted by Gasteiger charge is 2.10. The van der Waals surface area contributed by atoms with Crippen molar-refractivity contribution in [3.63, 3.8) is 0 Å². The van der Waals surface area contributed by atoms with Crippen molar-refractivity contribution in [1.29, 1.82) is 0 Å². The summed E-state index contributed by atoms with van der Waals surface area (Å²) in [6.07, 6.45) is 3.82. The molecule has 0 aliphatic carbocycles. The van der Waals surface area contributed by atoms with Crippen LogP contribution in [0.1, 0.15) is 29.8 Å². The van der Waals surface area contributed by atoms with Crippen LogP contribution in [-0.4, -0.2) is 16.6 Å². The fourth-order valence-electron chi connectivity index (χ4n) is 2.00. The molecule has 3 heteroatoms. The summed E-state index contributed by atoms with van der Waals surface area (Å²) in [6.45, 7) is 5.15. The van der Waals surface area contributed by atoms with Gasteiger partial charge in [0.15, 0.2) is 0 Å². The number of nitrogens with zero attached hydrogens (tertiary/aromatic N) is 2. The highest BCUT2D eigenvalue weighted by Crippen LogP contribution is 2.19. The first-order chi connectivity index (χ1) is 8.22. The average molecular weight is 229 g/mol. The van der Waals surface area contributed by atoms with Crippen molar-refractivity contribution in [3.05, 3.63) is 53.6 Å². The zero-order valence-corrected chi connectivity index (χ0v) is 10.6. The summed E-state index contributed by atoms with van der Waals surface area (Å²) in [7, 11) is 1.95. The molecule has 0 radical (unpaired) electrons. The number of imidazole rings is 1. The second-order valence-corrected chi connectivity index (χ2v) is 4.41. The van der Waals surface area contributed by atoms with Crippen LogP contribution in [0.3, 0.4) is 0 Å². The van der Waals surface area contributed by atoms with Gasteiger partial charge in [-0.25, -0.2) is 4.98 Å².